The lowest BCUT2D eigenvalue weighted by molar-refractivity contribution is -0.133. The Balaban J connectivity index is 1.19. The summed E-state index contributed by atoms with van der Waals surface area (Å²) in [5, 5.41) is 3.09. The summed E-state index contributed by atoms with van der Waals surface area (Å²) in [5.41, 5.74) is 11.6. The van der Waals surface area contributed by atoms with Gasteiger partial charge < -0.3 is 25.9 Å². The topological polar surface area (TPSA) is 136 Å². The third kappa shape index (κ3) is 7.81. The molecule has 4 atom stereocenters. The second kappa shape index (κ2) is 14.8. The predicted octanol–water partition coefficient (Wildman–Crippen LogP) is 5.03. The van der Waals surface area contributed by atoms with Crippen LogP contribution in [0, 0.1) is 17.8 Å². The number of benzene rings is 2. The Morgan fingerprint density at radius 2 is 1.53 bits per heavy atom. The van der Waals surface area contributed by atoms with Crippen LogP contribution >= 0.6 is 0 Å². The van der Waals surface area contributed by atoms with Crippen molar-refractivity contribution in [1.82, 2.24) is 35.1 Å². The van der Waals surface area contributed by atoms with E-state index in [0.29, 0.717) is 18.8 Å². The van der Waals surface area contributed by atoms with Crippen LogP contribution in [0.2, 0.25) is 0 Å². The van der Waals surface area contributed by atoms with Crippen LogP contribution in [0.5, 0.6) is 0 Å². The molecule has 10 nitrogen and oxygen atoms in total. The molecule has 0 spiro atoms. The minimum Gasteiger partial charge on any atom is -0.345 e. The van der Waals surface area contributed by atoms with Crippen molar-refractivity contribution in [3.63, 3.8) is 0 Å². The summed E-state index contributed by atoms with van der Waals surface area (Å²) in [5.74, 6) is 8.18. The second-order valence-electron chi connectivity index (χ2n) is 12.9. The van der Waals surface area contributed by atoms with Gasteiger partial charge in [0, 0.05) is 17.7 Å². The fraction of sp³-hybridized carbons (Fsp3) is 0.405. The lowest BCUT2D eigenvalue weighted by Crippen LogP contribution is -2.47. The molecule has 0 bridgehead atoms. The van der Waals surface area contributed by atoms with Gasteiger partial charge in [0.25, 0.3) is 0 Å². The zero-order valence-electron chi connectivity index (χ0n) is 28.2. The third-order valence-corrected chi connectivity index (χ3v) is 8.77. The maximum atomic E-state index is 12.8. The van der Waals surface area contributed by atoms with Gasteiger partial charge in [0.15, 0.2) is 0 Å². The number of likely N-dealkylation sites (tertiary alicyclic amines) is 1. The van der Waals surface area contributed by atoms with Crippen LogP contribution in [0.1, 0.15) is 81.8 Å². The molecule has 4 aromatic rings. The van der Waals surface area contributed by atoms with E-state index in [2.05, 4.69) is 37.1 Å². The number of aromatic nitrogens is 4. The monoisotopic (exact) mass is 634 g/mol. The summed E-state index contributed by atoms with van der Waals surface area (Å²) < 4.78 is 0. The number of likely N-dealkylation sites (N-methyl/N-ethyl adjacent to an activating group) is 1. The molecule has 1 aliphatic rings. The number of nitrogens with two attached hydrogens (primary N) is 1. The zero-order valence-corrected chi connectivity index (χ0v) is 28.2. The first kappa shape index (κ1) is 33.6. The molecule has 0 unspecified atom stereocenters. The van der Waals surface area contributed by atoms with Gasteiger partial charge >= 0.3 is 0 Å². The first-order chi connectivity index (χ1) is 22.5. The van der Waals surface area contributed by atoms with E-state index < -0.39 is 6.04 Å². The molecule has 5 rings (SSSR count). The molecule has 246 valence electrons. The number of carbonyl (C=O) groups is 2. The molecule has 1 aliphatic heterocycles. The molecule has 1 fully saturated rings. The van der Waals surface area contributed by atoms with Crippen LogP contribution in [0.15, 0.2) is 60.9 Å². The van der Waals surface area contributed by atoms with Gasteiger partial charge in [0.1, 0.15) is 11.6 Å². The molecule has 0 radical (unpaired) electrons. The summed E-state index contributed by atoms with van der Waals surface area (Å²) in [6, 6.07) is 15.1. The van der Waals surface area contributed by atoms with Crippen molar-refractivity contribution >= 4 is 11.8 Å². The van der Waals surface area contributed by atoms with Crippen LogP contribution in [-0.4, -0.2) is 74.3 Å². The average Bonchev–Trinajstić information content (AvgIpc) is 3.84. The summed E-state index contributed by atoms with van der Waals surface area (Å²) in [6.07, 6.45) is 6.06. The number of H-pyrrole nitrogens is 2. The highest BCUT2D eigenvalue weighted by Crippen LogP contribution is 2.32. The summed E-state index contributed by atoms with van der Waals surface area (Å²) in [4.78, 5) is 45.3. The molecular weight excluding hydrogens is 588 g/mol. The fourth-order valence-corrected chi connectivity index (χ4v) is 6.17. The number of aromatic amines is 2. The third-order valence-electron chi connectivity index (χ3n) is 8.77. The Bertz CT molecular complexity index is 1720. The predicted molar refractivity (Wildman–Crippen MR) is 185 cm³/mol. The van der Waals surface area contributed by atoms with E-state index in [1.54, 1.807) is 6.20 Å². The van der Waals surface area contributed by atoms with Crippen LogP contribution in [0.3, 0.4) is 0 Å². The Labute approximate surface area is 277 Å². The van der Waals surface area contributed by atoms with Gasteiger partial charge in [0.05, 0.1) is 47.9 Å². The lowest BCUT2D eigenvalue weighted by atomic mass is 10.0. The highest BCUT2D eigenvalue weighted by molar-refractivity contribution is 5.82. The Morgan fingerprint density at radius 1 is 0.957 bits per heavy atom. The number of rotatable bonds is 10. The van der Waals surface area contributed by atoms with Crippen molar-refractivity contribution in [1.29, 1.82) is 0 Å². The van der Waals surface area contributed by atoms with E-state index in [9.17, 15) is 9.59 Å². The van der Waals surface area contributed by atoms with Crippen LogP contribution in [-0.2, 0) is 9.59 Å². The molecule has 10 heteroatoms. The Kier molecular flexibility index (Phi) is 10.6. The lowest BCUT2D eigenvalue weighted by Gasteiger charge is -2.27. The van der Waals surface area contributed by atoms with E-state index in [1.165, 1.54) is 0 Å². The van der Waals surface area contributed by atoms with E-state index >= 15 is 0 Å². The molecule has 2 aromatic carbocycles. The van der Waals surface area contributed by atoms with Gasteiger partial charge in [-0.25, -0.2) is 9.97 Å². The van der Waals surface area contributed by atoms with Gasteiger partial charge in [-0.05, 0) is 81.6 Å². The molecular formula is C37H46N8O2. The fourth-order valence-electron chi connectivity index (χ4n) is 6.17. The van der Waals surface area contributed by atoms with Crippen molar-refractivity contribution in [2.45, 2.75) is 71.1 Å². The largest absolute Gasteiger partial charge is 0.345 e. The van der Waals surface area contributed by atoms with E-state index in [0.717, 1.165) is 52.3 Å². The van der Waals surface area contributed by atoms with E-state index in [1.807, 2.05) is 106 Å². The number of carbonyl (C=O) groups excluding carboxylic acids is 2. The second-order valence-corrected chi connectivity index (χ2v) is 12.9. The zero-order chi connectivity index (χ0) is 33.7. The van der Waals surface area contributed by atoms with Crippen LogP contribution in [0.25, 0.3) is 22.5 Å². The van der Waals surface area contributed by atoms with Crippen molar-refractivity contribution in [2.24, 2.45) is 11.7 Å². The molecule has 5 N–H and O–H groups in total. The van der Waals surface area contributed by atoms with Gasteiger partial charge in [0.2, 0.25) is 11.8 Å². The van der Waals surface area contributed by atoms with Crippen LogP contribution < -0.4 is 11.1 Å². The van der Waals surface area contributed by atoms with Crippen molar-refractivity contribution < 1.29 is 9.59 Å². The van der Waals surface area contributed by atoms with Gasteiger partial charge in [-0.15, -0.1) is 0 Å². The molecule has 47 heavy (non-hydrogen) atoms. The standard InChI is InChI=1S/C37H46N8O2/c1-7-29(38)37(47)45-20-8-9-32(45)35-40-22-31(43-35)28-18-14-26(15-19-28)11-10-25-12-16-27(17-13-25)30-21-39-34(42-30)24(4)41-36(46)33(23(2)3)44(5)6/h12-19,21-24,29,32-33H,7-9,20,38H2,1-6H3,(H,39,42)(H,40,43)(H,41,46)/t24-,29-,32-,33-/m0/s1. The molecule has 0 aliphatic carbocycles. The first-order valence-corrected chi connectivity index (χ1v) is 16.4. The number of nitrogens with zero attached hydrogens (tertiary/aromatic N) is 4. The van der Waals surface area contributed by atoms with Crippen LogP contribution in [0.4, 0.5) is 0 Å². The summed E-state index contributed by atoms with van der Waals surface area (Å²) in [7, 11) is 3.84. The van der Waals surface area contributed by atoms with Crippen molar-refractivity contribution in [2.75, 3.05) is 20.6 Å². The maximum absolute atomic E-state index is 12.8. The minimum atomic E-state index is -0.469. The van der Waals surface area contributed by atoms with Gasteiger partial charge in [-0.2, -0.15) is 0 Å². The molecule has 0 saturated carbocycles. The smallest absolute Gasteiger partial charge is 0.240 e. The minimum absolute atomic E-state index is 0.00615. The Hall–Kier alpha value is -4.72. The van der Waals surface area contributed by atoms with Gasteiger partial charge in [-0.1, -0.05) is 56.9 Å². The molecule has 2 aromatic heterocycles. The highest BCUT2D eigenvalue weighted by atomic mass is 16.2. The van der Waals surface area contributed by atoms with E-state index in [4.69, 9.17) is 5.73 Å². The van der Waals surface area contributed by atoms with E-state index in [-0.39, 0.29) is 35.9 Å². The number of nitrogens with one attached hydrogen (secondary N) is 3. The first-order valence-electron chi connectivity index (χ1n) is 16.4. The SMILES string of the molecule is CC[C@H](N)C(=O)N1CCC[C@H]1c1ncc(-c2ccc(C#Cc3ccc(-c4cnc([C@H](C)NC(=O)[C@H](C(C)C)N(C)C)[nH]4)cc3)cc2)[nH]1. The quantitative estimate of drug-likeness (QED) is 0.181. The number of hydrogen-bond acceptors (Lipinski definition) is 6. The molecule has 1 saturated heterocycles. The van der Waals surface area contributed by atoms with Crippen molar-refractivity contribution in [3.05, 3.63) is 83.7 Å². The number of amides is 2. The summed E-state index contributed by atoms with van der Waals surface area (Å²) in [6.45, 7) is 8.67. The highest BCUT2D eigenvalue weighted by Gasteiger charge is 2.34. The van der Waals surface area contributed by atoms with Crippen molar-refractivity contribution in [3.8, 4) is 34.4 Å². The molecule has 3 heterocycles. The van der Waals surface area contributed by atoms with Gasteiger partial charge in [-0.3, -0.25) is 14.5 Å². The number of imidazole rings is 2. The molecule has 2 amide bonds. The summed E-state index contributed by atoms with van der Waals surface area (Å²) >= 11 is 0. The normalized spacial score (nSPS) is 16.5. The Morgan fingerprint density at radius 3 is 2.09 bits per heavy atom. The number of hydrogen-bond donors (Lipinski definition) is 4. The maximum Gasteiger partial charge on any atom is 0.240 e. The average molecular weight is 635 g/mol.